The van der Waals surface area contributed by atoms with Gasteiger partial charge in [0.25, 0.3) is 0 Å². The van der Waals surface area contributed by atoms with Crippen LogP contribution in [0.15, 0.2) is 24.3 Å². The first-order valence-electron chi connectivity index (χ1n) is 3.30. The molecular weight excluding hydrogens is 146 g/mol. The van der Waals surface area contributed by atoms with Crippen LogP contribution in [0.25, 0.3) is 0 Å². The molecule has 0 amide bonds. The van der Waals surface area contributed by atoms with Crippen LogP contribution in [0, 0.1) is 6.92 Å². The Labute approximate surface area is 82.3 Å². The van der Waals surface area contributed by atoms with E-state index in [1.807, 2.05) is 6.07 Å². The normalized spacial score (nSPS) is 9.36. The fourth-order valence-corrected chi connectivity index (χ4v) is 1.98. The van der Waals surface area contributed by atoms with Crippen molar-refractivity contribution in [3.8, 4) is 0 Å². The maximum atomic E-state index is 3.96. The van der Waals surface area contributed by atoms with Crippen molar-refractivity contribution in [2.24, 2.45) is 0 Å². The molecule has 0 fully saturated rings. The van der Waals surface area contributed by atoms with Gasteiger partial charge >= 0.3 is 18.9 Å². The largest absolute Gasteiger partial charge is 1.00 e. The van der Waals surface area contributed by atoms with Crippen LogP contribution in [-0.4, -0.2) is 13.3 Å². The number of hydrogen-bond acceptors (Lipinski definition) is 0. The number of hydrogen-bond donors (Lipinski definition) is 0. The van der Waals surface area contributed by atoms with Crippen molar-refractivity contribution >= 4 is 13.2 Å². The van der Waals surface area contributed by atoms with E-state index in [9.17, 15) is 0 Å². The van der Waals surface area contributed by atoms with Crippen molar-refractivity contribution in [1.82, 2.24) is 0 Å². The summed E-state index contributed by atoms with van der Waals surface area (Å²) in [6, 6.07) is 8.34. The van der Waals surface area contributed by atoms with Crippen LogP contribution in [0.2, 0.25) is 0 Å². The summed E-state index contributed by atoms with van der Waals surface area (Å²) >= 11 is 0. The third-order valence-electron chi connectivity index (χ3n) is 1.47. The Morgan fingerprint density at radius 2 is 1.73 bits per heavy atom. The van der Waals surface area contributed by atoms with Crippen molar-refractivity contribution in [1.29, 1.82) is 0 Å². The van der Waals surface area contributed by atoms with Gasteiger partial charge in [0, 0.05) is 0 Å². The molecule has 1 aromatic carbocycles. The summed E-state index contributed by atoms with van der Waals surface area (Å²) in [4.78, 5) is 0. The number of benzene rings is 1. The standard InChI is InChI=1S/C9H12P.Li/c1-8-6-4-5-7-9(8)10(2)3;/h4-7H,1H2,2-3H3;/q-1;+1. The number of rotatable bonds is 1. The van der Waals surface area contributed by atoms with Crippen molar-refractivity contribution < 1.29 is 18.9 Å². The van der Waals surface area contributed by atoms with Gasteiger partial charge in [-0.1, -0.05) is 19.4 Å². The van der Waals surface area contributed by atoms with E-state index in [0.29, 0.717) is 0 Å². The molecule has 2 heteroatoms. The Bertz CT molecular complexity index is 221. The minimum Gasteiger partial charge on any atom is -0.198 e. The smallest absolute Gasteiger partial charge is 0.198 e. The van der Waals surface area contributed by atoms with Gasteiger partial charge in [-0.05, 0) is 0 Å². The average Bonchev–Trinajstić information content (AvgIpc) is 1.88. The molecule has 0 aromatic heterocycles. The van der Waals surface area contributed by atoms with Gasteiger partial charge < -0.3 is 0 Å². The summed E-state index contributed by atoms with van der Waals surface area (Å²) in [5, 5.41) is 1.41. The van der Waals surface area contributed by atoms with Crippen molar-refractivity contribution in [3.05, 3.63) is 36.8 Å². The van der Waals surface area contributed by atoms with E-state index in [1.165, 1.54) is 10.9 Å². The predicted molar refractivity (Wildman–Crippen MR) is 49.3 cm³/mol. The molecule has 0 N–H and O–H groups in total. The molecule has 0 nitrogen and oxygen atoms in total. The van der Waals surface area contributed by atoms with Gasteiger partial charge in [0.1, 0.15) is 0 Å². The summed E-state index contributed by atoms with van der Waals surface area (Å²) in [5.41, 5.74) is 1.18. The molecule has 0 radical (unpaired) electrons. The second kappa shape index (κ2) is 4.89. The van der Waals surface area contributed by atoms with E-state index < -0.39 is 0 Å². The van der Waals surface area contributed by atoms with Crippen LogP contribution >= 0.6 is 7.92 Å². The monoisotopic (exact) mass is 158 g/mol. The van der Waals surface area contributed by atoms with Crippen molar-refractivity contribution in [3.63, 3.8) is 0 Å². The van der Waals surface area contributed by atoms with Crippen LogP contribution in [0.4, 0.5) is 0 Å². The average molecular weight is 158 g/mol. The molecule has 1 rings (SSSR count). The van der Waals surface area contributed by atoms with Gasteiger partial charge in [-0.3, -0.25) is 0 Å². The second-order valence-corrected chi connectivity index (χ2v) is 4.79. The maximum absolute atomic E-state index is 3.96. The Morgan fingerprint density at radius 1 is 1.18 bits per heavy atom. The molecule has 0 unspecified atom stereocenters. The molecular formula is C9H12LiP. The van der Waals surface area contributed by atoms with E-state index in [4.69, 9.17) is 0 Å². The molecule has 1 aromatic rings. The first-order valence-corrected chi connectivity index (χ1v) is 5.54. The summed E-state index contributed by atoms with van der Waals surface area (Å²) in [5.74, 6) is 0. The second-order valence-electron chi connectivity index (χ2n) is 2.52. The van der Waals surface area contributed by atoms with Crippen LogP contribution in [0.3, 0.4) is 0 Å². The van der Waals surface area contributed by atoms with Gasteiger partial charge in [0.15, 0.2) is 0 Å². The molecule has 0 spiro atoms. The van der Waals surface area contributed by atoms with Gasteiger partial charge in [0.2, 0.25) is 0 Å². The van der Waals surface area contributed by atoms with Gasteiger partial charge in [-0.2, -0.15) is 18.6 Å². The third kappa shape index (κ3) is 2.92. The molecule has 0 bridgehead atoms. The Hall–Kier alpha value is 0.117. The minimum absolute atomic E-state index is 0. The van der Waals surface area contributed by atoms with E-state index in [-0.39, 0.29) is 26.8 Å². The molecule has 54 valence electrons. The summed E-state index contributed by atoms with van der Waals surface area (Å²) in [6.45, 7) is 8.46. The van der Waals surface area contributed by atoms with Crippen LogP contribution in [-0.2, 0) is 0 Å². The minimum atomic E-state index is 0. The zero-order valence-electron chi connectivity index (χ0n) is 7.46. The zero-order chi connectivity index (χ0) is 7.56. The first-order chi connectivity index (χ1) is 4.72. The first kappa shape index (κ1) is 11.1. The van der Waals surface area contributed by atoms with Gasteiger partial charge in [-0.25, -0.2) is 0 Å². The van der Waals surface area contributed by atoms with Crippen LogP contribution in [0.1, 0.15) is 5.56 Å². The fourth-order valence-electron chi connectivity index (χ4n) is 0.947. The van der Waals surface area contributed by atoms with E-state index >= 15 is 0 Å². The SMILES string of the molecule is [CH2-]c1ccccc1P(C)C.[Li+]. The molecule has 0 aliphatic rings. The molecule has 0 saturated carbocycles. The summed E-state index contributed by atoms with van der Waals surface area (Å²) < 4.78 is 0. The topological polar surface area (TPSA) is 0 Å². The Kier molecular flexibility index (Phi) is 4.94. The van der Waals surface area contributed by atoms with E-state index in [1.54, 1.807) is 0 Å². The van der Waals surface area contributed by atoms with Gasteiger partial charge in [-0.15, -0.1) is 25.4 Å². The molecule has 0 saturated heterocycles. The van der Waals surface area contributed by atoms with Gasteiger partial charge in [0.05, 0.1) is 0 Å². The fraction of sp³-hybridized carbons (Fsp3) is 0.222. The molecule has 11 heavy (non-hydrogen) atoms. The van der Waals surface area contributed by atoms with Crippen LogP contribution < -0.4 is 24.2 Å². The van der Waals surface area contributed by atoms with E-state index in [0.717, 1.165) is 0 Å². The van der Waals surface area contributed by atoms with Crippen molar-refractivity contribution in [2.45, 2.75) is 0 Å². The van der Waals surface area contributed by atoms with Crippen molar-refractivity contribution in [2.75, 3.05) is 13.3 Å². The quantitative estimate of drug-likeness (QED) is 0.286. The Morgan fingerprint density at radius 3 is 2.09 bits per heavy atom. The van der Waals surface area contributed by atoms with E-state index in [2.05, 4.69) is 38.5 Å². The maximum Gasteiger partial charge on any atom is 1.00 e. The molecule has 0 aliphatic heterocycles. The van der Waals surface area contributed by atoms with Crippen LogP contribution in [0.5, 0.6) is 0 Å². The summed E-state index contributed by atoms with van der Waals surface area (Å²) in [7, 11) is 0.0211. The summed E-state index contributed by atoms with van der Waals surface area (Å²) in [6.07, 6.45) is 0. The molecule has 0 aliphatic carbocycles. The predicted octanol–water partition coefficient (Wildman–Crippen LogP) is -0.760. The zero-order valence-corrected chi connectivity index (χ0v) is 8.36. The molecule has 0 heterocycles. The Balaban J connectivity index is 0.000001000. The molecule has 0 atom stereocenters. The third-order valence-corrected chi connectivity index (χ3v) is 2.87.